The van der Waals surface area contributed by atoms with Crippen LogP contribution in [0, 0.1) is 0 Å². The van der Waals surface area contributed by atoms with E-state index in [0.29, 0.717) is 32.0 Å². The van der Waals surface area contributed by atoms with Gasteiger partial charge in [0, 0.05) is 15.6 Å². The van der Waals surface area contributed by atoms with Gasteiger partial charge in [-0.1, -0.05) is 53.0 Å². The van der Waals surface area contributed by atoms with Crippen LogP contribution in [-0.2, 0) is 4.79 Å². The van der Waals surface area contributed by atoms with Crippen molar-refractivity contribution in [1.29, 1.82) is 0 Å². The van der Waals surface area contributed by atoms with E-state index in [4.69, 9.17) is 34.8 Å². The number of guanidine groups is 1. The van der Waals surface area contributed by atoms with Crippen LogP contribution in [0.3, 0.4) is 0 Å². The van der Waals surface area contributed by atoms with Gasteiger partial charge in [0.05, 0.1) is 10.7 Å². The average molecular weight is 367 g/mol. The minimum absolute atomic E-state index is 0.289. The molecule has 3 rings (SSSR count). The monoisotopic (exact) mass is 365 g/mol. The van der Waals surface area contributed by atoms with E-state index in [-0.39, 0.29) is 11.9 Å². The highest BCUT2D eigenvalue weighted by atomic mass is 35.5. The highest BCUT2D eigenvalue weighted by Gasteiger charge is 2.22. The number of amides is 1. The number of hydrogen-bond acceptors (Lipinski definition) is 2. The lowest BCUT2D eigenvalue weighted by molar-refractivity contribution is -0.115. The van der Waals surface area contributed by atoms with Crippen LogP contribution >= 0.6 is 34.8 Å². The number of nitrogens with zero attached hydrogens (tertiary/aromatic N) is 1. The van der Waals surface area contributed by atoms with Gasteiger partial charge in [0.1, 0.15) is 5.70 Å². The van der Waals surface area contributed by atoms with Crippen molar-refractivity contribution in [2.75, 3.05) is 0 Å². The molecule has 2 aromatic rings. The molecule has 0 atom stereocenters. The zero-order valence-electron chi connectivity index (χ0n) is 11.6. The standard InChI is InChI=1S/C16H10Cl3N3O/c17-10-5-3-6-11(18)9(10)8-14-15(23)22-16(21-14)20-13-7-2-1-4-12(13)19/h1-8H,(H2,20,21,22,23)/b14-8+. The summed E-state index contributed by atoms with van der Waals surface area (Å²) >= 11 is 18.3. The molecule has 0 aromatic heterocycles. The van der Waals surface area contributed by atoms with Crippen LogP contribution in [0.5, 0.6) is 0 Å². The number of rotatable bonds is 2. The number of carbonyl (C=O) groups is 1. The van der Waals surface area contributed by atoms with E-state index in [2.05, 4.69) is 15.6 Å². The number of halogens is 3. The molecule has 7 heteroatoms. The maximum Gasteiger partial charge on any atom is 0.274 e. The van der Waals surface area contributed by atoms with Crippen LogP contribution in [0.2, 0.25) is 15.1 Å². The van der Waals surface area contributed by atoms with Crippen LogP contribution in [0.4, 0.5) is 5.69 Å². The van der Waals surface area contributed by atoms with Gasteiger partial charge in [0.25, 0.3) is 5.91 Å². The molecule has 1 aliphatic rings. The summed E-state index contributed by atoms with van der Waals surface area (Å²) in [5.41, 5.74) is 1.41. The molecule has 1 amide bonds. The maximum atomic E-state index is 12.0. The Morgan fingerprint density at radius 2 is 1.52 bits per heavy atom. The number of nitrogens with one attached hydrogen (secondary N) is 2. The molecule has 116 valence electrons. The lowest BCUT2D eigenvalue weighted by atomic mass is 10.2. The van der Waals surface area contributed by atoms with Gasteiger partial charge < -0.3 is 5.32 Å². The summed E-state index contributed by atoms with van der Waals surface area (Å²) in [5, 5.41) is 6.92. The van der Waals surface area contributed by atoms with Crippen molar-refractivity contribution >= 4 is 58.4 Å². The molecule has 0 aliphatic carbocycles. The van der Waals surface area contributed by atoms with Crippen LogP contribution in [0.1, 0.15) is 5.56 Å². The molecule has 0 bridgehead atoms. The van der Waals surface area contributed by atoms with E-state index < -0.39 is 0 Å². The summed E-state index contributed by atoms with van der Waals surface area (Å²) in [6.07, 6.45) is 1.58. The first kappa shape index (κ1) is 15.9. The second-order valence-electron chi connectivity index (χ2n) is 4.68. The van der Waals surface area contributed by atoms with Crippen molar-refractivity contribution < 1.29 is 4.79 Å². The summed E-state index contributed by atoms with van der Waals surface area (Å²) in [7, 11) is 0. The first-order valence-corrected chi connectivity index (χ1v) is 7.75. The van der Waals surface area contributed by atoms with E-state index in [1.807, 2.05) is 6.07 Å². The Morgan fingerprint density at radius 3 is 2.22 bits per heavy atom. The van der Waals surface area contributed by atoms with E-state index in [0.717, 1.165) is 0 Å². The summed E-state index contributed by atoms with van der Waals surface area (Å²) < 4.78 is 0. The van der Waals surface area contributed by atoms with Crippen molar-refractivity contribution in [2.24, 2.45) is 4.99 Å². The van der Waals surface area contributed by atoms with Crippen LogP contribution in [-0.4, -0.2) is 11.9 Å². The quantitative estimate of drug-likeness (QED) is 0.774. The first-order chi connectivity index (χ1) is 11.0. The molecule has 2 N–H and O–H groups in total. The van der Waals surface area contributed by atoms with Gasteiger partial charge in [-0.3, -0.25) is 10.1 Å². The molecule has 4 nitrogen and oxygen atoms in total. The largest absolute Gasteiger partial charge is 0.321 e. The molecular formula is C16H10Cl3N3O. The van der Waals surface area contributed by atoms with E-state index >= 15 is 0 Å². The van der Waals surface area contributed by atoms with Crippen LogP contribution < -0.4 is 10.6 Å². The second kappa shape index (κ2) is 6.62. The topological polar surface area (TPSA) is 53.5 Å². The van der Waals surface area contributed by atoms with Gasteiger partial charge in [0.2, 0.25) is 5.96 Å². The number of benzene rings is 2. The predicted molar refractivity (Wildman–Crippen MR) is 94.3 cm³/mol. The highest BCUT2D eigenvalue weighted by Crippen LogP contribution is 2.27. The molecule has 0 saturated carbocycles. The Morgan fingerprint density at radius 1 is 0.870 bits per heavy atom. The number of para-hydroxylation sites is 1. The highest BCUT2D eigenvalue weighted by molar-refractivity contribution is 6.37. The van der Waals surface area contributed by atoms with Gasteiger partial charge in [0.15, 0.2) is 0 Å². The van der Waals surface area contributed by atoms with E-state index in [1.54, 1.807) is 42.5 Å². The number of hydrogen-bond donors (Lipinski definition) is 2. The third-order valence-electron chi connectivity index (χ3n) is 3.10. The molecule has 23 heavy (non-hydrogen) atoms. The molecule has 2 aromatic carbocycles. The van der Waals surface area contributed by atoms with E-state index in [1.165, 1.54) is 0 Å². The Hall–Kier alpha value is -2.01. The molecule has 1 fully saturated rings. The minimum Gasteiger partial charge on any atom is -0.321 e. The molecule has 1 saturated heterocycles. The smallest absolute Gasteiger partial charge is 0.274 e. The molecule has 1 aliphatic heterocycles. The Bertz CT molecular complexity index is 826. The molecule has 0 unspecified atom stereocenters. The summed E-state index contributed by atoms with van der Waals surface area (Å²) in [6.45, 7) is 0. The number of aliphatic imine (C=N–C) groups is 1. The van der Waals surface area contributed by atoms with Gasteiger partial charge in [-0.2, -0.15) is 0 Å². The van der Waals surface area contributed by atoms with Crippen molar-refractivity contribution in [1.82, 2.24) is 10.6 Å². The molecule has 1 heterocycles. The van der Waals surface area contributed by atoms with Crippen molar-refractivity contribution in [3.8, 4) is 0 Å². The Balaban J connectivity index is 1.91. The minimum atomic E-state index is -0.327. The second-order valence-corrected chi connectivity index (χ2v) is 5.91. The lowest BCUT2D eigenvalue weighted by Gasteiger charge is -2.02. The fourth-order valence-corrected chi connectivity index (χ4v) is 2.69. The third kappa shape index (κ3) is 3.50. The Labute approximate surface area is 147 Å². The van der Waals surface area contributed by atoms with Crippen molar-refractivity contribution in [3.63, 3.8) is 0 Å². The van der Waals surface area contributed by atoms with Gasteiger partial charge in [-0.05, 0) is 30.3 Å². The molecule has 0 radical (unpaired) electrons. The predicted octanol–water partition coefficient (Wildman–Crippen LogP) is 4.39. The maximum absolute atomic E-state index is 12.0. The normalized spacial score (nSPS) is 17.4. The molecular weight excluding hydrogens is 357 g/mol. The fourth-order valence-electron chi connectivity index (χ4n) is 2.00. The lowest BCUT2D eigenvalue weighted by Crippen LogP contribution is -2.24. The van der Waals surface area contributed by atoms with Crippen LogP contribution in [0.25, 0.3) is 6.08 Å². The first-order valence-electron chi connectivity index (χ1n) is 6.62. The van der Waals surface area contributed by atoms with Gasteiger partial charge in [-0.15, -0.1) is 0 Å². The number of carbonyl (C=O) groups excluding carboxylic acids is 1. The zero-order valence-corrected chi connectivity index (χ0v) is 13.9. The van der Waals surface area contributed by atoms with E-state index in [9.17, 15) is 4.79 Å². The van der Waals surface area contributed by atoms with Crippen LogP contribution in [0.15, 0.2) is 53.2 Å². The Kier molecular flexibility index (Phi) is 4.57. The van der Waals surface area contributed by atoms with Gasteiger partial charge >= 0.3 is 0 Å². The molecule has 0 spiro atoms. The summed E-state index contributed by atoms with van der Waals surface area (Å²) in [5.74, 6) is -0.0377. The SMILES string of the molecule is O=C1NC(=Nc2ccccc2Cl)N/C1=C/c1c(Cl)cccc1Cl. The average Bonchev–Trinajstić information content (AvgIpc) is 2.85. The summed E-state index contributed by atoms with van der Waals surface area (Å²) in [4.78, 5) is 16.3. The third-order valence-corrected chi connectivity index (χ3v) is 4.08. The fraction of sp³-hybridized carbons (Fsp3) is 0. The summed E-state index contributed by atoms with van der Waals surface area (Å²) in [6, 6.07) is 12.2. The van der Waals surface area contributed by atoms with Crippen molar-refractivity contribution in [2.45, 2.75) is 0 Å². The van der Waals surface area contributed by atoms with Crippen molar-refractivity contribution in [3.05, 3.63) is 68.8 Å². The van der Waals surface area contributed by atoms with Gasteiger partial charge in [-0.25, -0.2) is 4.99 Å². The zero-order chi connectivity index (χ0) is 16.4.